The number of carboxylic acids is 1. The molecule has 0 saturated heterocycles. The molecule has 0 aliphatic heterocycles. The van der Waals surface area contributed by atoms with Crippen LogP contribution in [0, 0.1) is 6.92 Å². The van der Waals surface area contributed by atoms with Gasteiger partial charge in [0.15, 0.2) is 5.16 Å². The molecule has 0 aliphatic rings. The van der Waals surface area contributed by atoms with Gasteiger partial charge in [0.2, 0.25) is 0 Å². The third-order valence-corrected chi connectivity index (χ3v) is 3.69. The maximum absolute atomic E-state index is 10.8. The lowest BCUT2D eigenvalue weighted by atomic mass is 10.1. The van der Waals surface area contributed by atoms with Crippen molar-refractivity contribution in [3.63, 3.8) is 0 Å². The summed E-state index contributed by atoms with van der Waals surface area (Å²) in [6.45, 7) is 1.90. The fraction of sp³-hybridized carbons (Fsp3) is 0.154. The lowest BCUT2D eigenvalue weighted by molar-refractivity contribution is 0.0697. The summed E-state index contributed by atoms with van der Waals surface area (Å²) in [6.07, 6.45) is 1.71. The summed E-state index contributed by atoms with van der Waals surface area (Å²) < 4.78 is 0. The Hall–Kier alpha value is -1.59. The van der Waals surface area contributed by atoms with Crippen molar-refractivity contribution in [1.82, 2.24) is 9.97 Å². The minimum atomic E-state index is -0.983. The van der Waals surface area contributed by atoms with E-state index in [2.05, 4.69) is 9.97 Å². The molecule has 0 fully saturated rings. The topological polar surface area (TPSA) is 63.1 Å². The van der Waals surface area contributed by atoms with E-state index < -0.39 is 5.97 Å². The number of hydrogen-bond donors (Lipinski definition) is 1. The lowest BCUT2D eigenvalue weighted by Gasteiger charge is -2.05. The third kappa shape index (κ3) is 3.68. The number of carbonyl (C=O) groups is 1. The van der Waals surface area contributed by atoms with Gasteiger partial charge in [-0.05, 0) is 30.7 Å². The smallest absolute Gasteiger partial charge is 0.335 e. The second-order valence-electron chi connectivity index (χ2n) is 3.88. The van der Waals surface area contributed by atoms with Crippen LogP contribution in [0.4, 0.5) is 0 Å². The Bertz CT molecular complexity index is 619. The maximum atomic E-state index is 10.8. The monoisotopic (exact) mass is 294 g/mol. The standard InChI is InChI=1S/C13H11ClN2O2S/c1-8-4-5-15-13(16-8)19-7-10-3-2-9(12(17)18)6-11(10)14/h2-6H,7H2,1H3,(H,17,18). The average Bonchev–Trinajstić information content (AvgIpc) is 2.37. The van der Waals surface area contributed by atoms with Gasteiger partial charge >= 0.3 is 5.97 Å². The molecule has 98 valence electrons. The molecule has 0 radical (unpaired) electrons. The summed E-state index contributed by atoms with van der Waals surface area (Å²) in [7, 11) is 0. The third-order valence-electron chi connectivity index (χ3n) is 2.43. The molecule has 0 unspecified atom stereocenters. The number of thioether (sulfide) groups is 1. The number of carboxylic acid groups (broad SMARTS) is 1. The molecular formula is C13H11ClN2O2S. The van der Waals surface area contributed by atoms with E-state index in [0.717, 1.165) is 11.3 Å². The molecule has 6 heteroatoms. The Morgan fingerprint density at radius 3 is 2.84 bits per heavy atom. The largest absolute Gasteiger partial charge is 0.478 e. The summed E-state index contributed by atoms with van der Waals surface area (Å²) >= 11 is 7.52. The van der Waals surface area contributed by atoms with Crippen LogP contribution in [0.1, 0.15) is 21.6 Å². The molecule has 0 amide bonds. The second-order valence-corrected chi connectivity index (χ2v) is 5.23. The normalized spacial score (nSPS) is 10.4. The van der Waals surface area contributed by atoms with Gasteiger partial charge in [-0.25, -0.2) is 14.8 Å². The Morgan fingerprint density at radius 1 is 1.42 bits per heavy atom. The summed E-state index contributed by atoms with van der Waals surface area (Å²) in [5.74, 6) is -0.384. The van der Waals surface area contributed by atoms with Crippen LogP contribution in [0.25, 0.3) is 0 Å². The van der Waals surface area contributed by atoms with Crippen molar-refractivity contribution in [2.24, 2.45) is 0 Å². The Balaban J connectivity index is 2.10. The molecule has 1 heterocycles. The molecule has 0 saturated carbocycles. The summed E-state index contributed by atoms with van der Waals surface area (Å²) in [5, 5.41) is 9.98. The van der Waals surface area contributed by atoms with Crippen LogP contribution in [0.2, 0.25) is 5.02 Å². The number of benzene rings is 1. The number of hydrogen-bond acceptors (Lipinski definition) is 4. The predicted octanol–water partition coefficient (Wildman–Crippen LogP) is 3.43. The molecule has 1 aromatic carbocycles. The number of nitrogens with zero attached hydrogens (tertiary/aromatic N) is 2. The van der Waals surface area contributed by atoms with Crippen molar-refractivity contribution < 1.29 is 9.90 Å². The first-order chi connectivity index (χ1) is 9.06. The number of halogens is 1. The molecule has 2 aromatic rings. The van der Waals surface area contributed by atoms with Crippen molar-refractivity contribution in [2.45, 2.75) is 17.8 Å². The minimum absolute atomic E-state index is 0.186. The predicted molar refractivity (Wildman–Crippen MR) is 74.7 cm³/mol. The van der Waals surface area contributed by atoms with E-state index >= 15 is 0 Å². The molecule has 0 spiro atoms. The van der Waals surface area contributed by atoms with Gasteiger partial charge in [-0.3, -0.25) is 0 Å². The van der Waals surface area contributed by atoms with Gasteiger partial charge in [-0.1, -0.05) is 29.4 Å². The van der Waals surface area contributed by atoms with Gasteiger partial charge in [0.1, 0.15) is 0 Å². The number of aromatic carboxylic acids is 1. The molecular weight excluding hydrogens is 284 g/mol. The zero-order chi connectivity index (χ0) is 13.8. The van der Waals surface area contributed by atoms with Crippen LogP contribution in [0.5, 0.6) is 0 Å². The van der Waals surface area contributed by atoms with Crippen LogP contribution < -0.4 is 0 Å². The van der Waals surface area contributed by atoms with Crippen molar-refractivity contribution in [3.8, 4) is 0 Å². The van der Waals surface area contributed by atoms with Gasteiger partial charge < -0.3 is 5.11 Å². The number of aromatic nitrogens is 2. The van der Waals surface area contributed by atoms with E-state index in [0.29, 0.717) is 15.9 Å². The first kappa shape index (κ1) is 13.8. The SMILES string of the molecule is Cc1ccnc(SCc2ccc(C(=O)O)cc2Cl)n1. The van der Waals surface area contributed by atoms with Crippen molar-refractivity contribution in [2.75, 3.05) is 0 Å². The Labute approximate surface area is 119 Å². The van der Waals surface area contributed by atoms with Crippen LogP contribution in [0.3, 0.4) is 0 Å². The molecule has 1 N–H and O–H groups in total. The highest BCUT2D eigenvalue weighted by molar-refractivity contribution is 7.98. The number of rotatable bonds is 4. The molecule has 0 aliphatic carbocycles. The molecule has 19 heavy (non-hydrogen) atoms. The van der Waals surface area contributed by atoms with E-state index in [1.54, 1.807) is 18.3 Å². The highest BCUT2D eigenvalue weighted by atomic mass is 35.5. The first-order valence-electron chi connectivity index (χ1n) is 5.50. The van der Waals surface area contributed by atoms with E-state index in [1.165, 1.54) is 17.8 Å². The quantitative estimate of drug-likeness (QED) is 0.691. The molecule has 2 rings (SSSR count). The van der Waals surface area contributed by atoms with E-state index in [-0.39, 0.29) is 5.56 Å². The molecule has 1 aromatic heterocycles. The van der Waals surface area contributed by atoms with Crippen LogP contribution in [-0.4, -0.2) is 21.0 Å². The fourth-order valence-electron chi connectivity index (χ4n) is 1.44. The van der Waals surface area contributed by atoms with Gasteiger partial charge in [0.05, 0.1) is 5.56 Å². The van der Waals surface area contributed by atoms with E-state index in [4.69, 9.17) is 16.7 Å². The number of aryl methyl sites for hydroxylation is 1. The lowest BCUT2D eigenvalue weighted by Crippen LogP contribution is -1.97. The zero-order valence-corrected chi connectivity index (χ0v) is 11.7. The van der Waals surface area contributed by atoms with Gasteiger partial charge in [0, 0.05) is 22.7 Å². The van der Waals surface area contributed by atoms with Gasteiger partial charge in [-0.15, -0.1) is 0 Å². The van der Waals surface area contributed by atoms with Crippen LogP contribution in [-0.2, 0) is 5.75 Å². The summed E-state index contributed by atoms with van der Waals surface area (Å²) in [5.41, 5.74) is 1.96. The maximum Gasteiger partial charge on any atom is 0.335 e. The van der Waals surface area contributed by atoms with Crippen molar-refractivity contribution in [3.05, 3.63) is 52.3 Å². The first-order valence-corrected chi connectivity index (χ1v) is 6.87. The van der Waals surface area contributed by atoms with Gasteiger partial charge in [-0.2, -0.15) is 0 Å². The van der Waals surface area contributed by atoms with Crippen LogP contribution in [0.15, 0.2) is 35.6 Å². The molecule has 4 nitrogen and oxygen atoms in total. The second kappa shape index (κ2) is 6.04. The van der Waals surface area contributed by atoms with E-state index in [1.807, 2.05) is 13.0 Å². The highest BCUT2D eigenvalue weighted by Gasteiger charge is 2.08. The van der Waals surface area contributed by atoms with Crippen LogP contribution >= 0.6 is 23.4 Å². The molecule has 0 atom stereocenters. The summed E-state index contributed by atoms with van der Waals surface area (Å²) in [6, 6.07) is 6.55. The average molecular weight is 295 g/mol. The Morgan fingerprint density at radius 2 is 2.21 bits per heavy atom. The minimum Gasteiger partial charge on any atom is -0.478 e. The molecule has 0 bridgehead atoms. The van der Waals surface area contributed by atoms with Crippen molar-refractivity contribution in [1.29, 1.82) is 0 Å². The van der Waals surface area contributed by atoms with Gasteiger partial charge in [0.25, 0.3) is 0 Å². The van der Waals surface area contributed by atoms with E-state index in [9.17, 15) is 4.79 Å². The summed E-state index contributed by atoms with van der Waals surface area (Å²) in [4.78, 5) is 19.2. The highest BCUT2D eigenvalue weighted by Crippen LogP contribution is 2.25. The van der Waals surface area contributed by atoms with Crippen molar-refractivity contribution >= 4 is 29.3 Å². The fourth-order valence-corrected chi connectivity index (χ4v) is 2.64. The Kier molecular flexibility index (Phi) is 4.39. The zero-order valence-electron chi connectivity index (χ0n) is 10.1.